The van der Waals surface area contributed by atoms with Gasteiger partial charge in [0.05, 0.1) is 19.1 Å². The van der Waals surface area contributed by atoms with E-state index in [1.165, 1.54) is 14.2 Å². The summed E-state index contributed by atoms with van der Waals surface area (Å²) in [6, 6.07) is 10.9. The molecule has 0 saturated carbocycles. The summed E-state index contributed by atoms with van der Waals surface area (Å²) in [5.74, 6) is -0.190. The highest BCUT2D eigenvalue weighted by atomic mass is 35.5. The number of nitrogens with zero attached hydrogens (tertiary/aromatic N) is 1. The molecule has 0 radical (unpaired) electrons. The minimum absolute atomic E-state index is 0.199. The number of carbonyl (C=O) groups excluding carboxylic acids is 3. The molecule has 172 valence electrons. The number of esters is 1. The van der Waals surface area contributed by atoms with Crippen LogP contribution in [-0.4, -0.2) is 42.8 Å². The van der Waals surface area contributed by atoms with Crippen molar-refractivity contribution in [2.45, 2.75) is 13.0 Å². The van der Waals surface area contributed by atoms with Crippen molar-refractivity contribution < 1.29 is 28.6 Å². The van der Waals surface area contributed by atoms with E-state index in [-0.39, 0.29) is 4.91 Å². The third kappa shape index (κ3) is 5.97. The maximum absolute atomic E-state index is 12.6. The van der Waals surface area contributed by atoms with E-state index in [0.29, 0.717) is 35.1 Å². The van der Waals surface area contributed by atoms with Gasteiger partial charge in [0.25, 0.3) is 11.1 Å². The number of methoxy groups -OCH3 is 2. The summed E-state index contributed by atoms with van der Waals surface area (Å²) in [5.41, 5.74) is 2.39. The Hall–Kier alpha value is -3.23. The number of hydrogen-bond acceptors (Lipinski definition) is 7. The molecular weight excluding hydrogens is 466 g/mol. The monoisotopic (exact) mass is 487 g/mol. The molecule has 1 heterocycles. The molecule has 0 aliphatic carbocycles. The number of benzene rings is 2. The molecule has 2 aromatic rings. The maximum atomic E-state index is 12.6. The molecule has 0 unspecified atom stereocenters. The molecule has 2 amide bonds. The van der Waals surface area contributed by atoms with Gasteiger partial charge in [0.15, 0.2) is 11.5 Å². The lowest BCUT2D eigenvalue weighted by molar-refractivity contribution is -0.143. The molecule has 0 spiro atoms. The van der Waals surface area contributed by atoms with E-state index >= 15 is 0 Å². The van der Waals surface area contributed by atoms with Crippen LogP contribution in [0.2, 0.25) is 5.02 Å². The maximum Gasteiger partial charge on any atom is 0.325 e. The van der Waals surface area contributed by atoms with Crippen LogP contribution in [0.1, 0.15) is 16.7 Å². The molecule has 33 heavy (non-hydrogen) atoms. The fraction of sp³-hybridized carbons (Fsp3) is 0.208. The van der Waals surface area contributed by atoms with E-state index in [0.717, 1.165) is 27.8 Å². The van der Waals surface area contributed by atoms with E-state index in [1.807, 2.05) is 18.2 Å². The van der Waals surface area contributed by atoms with Crippen LogP contribution in [-0.2, 0) is 27.4 Å². The highest BCUT2D eigenvalue weighted by Gasteiger charge is 2.36. The van der Waals surface area contributed by atoms with Gasteiger partial charge in [-0.05, 0) is 59.7 Å². The Bertz CT molecular complexity index is 1110. The number of ether oxygens (including phenoxy) is 3. The normalized spacial score (nSPS) is 14.5. The first-order chi connectivity index (χ1) is 15.9. The molecule has 7 nitrogen and oxygen atoms in total. The quantitative estimate of drug-likeness (QED) is 0.283. The van der Waals surface area contributed by atoms with Gasteiger partial charge in [0.2, 0.25) is 0 Å². The zero-order valence-corrected chi connectivity index (χ0v) is 19.7. The molecule has 1 aliphatic heterocycles. The van der Waals surface area contributed by atoms with Crippen LogP contribution in [0.5, 0.6) is 11.5 Å². The minimum Gasteiger partial charge on any atom is -0.493 e. The smallest absolute Gasteiger partial charge is 0.325 e. The molecule has 0 bridgehead atoms. The van der Waals surface area contributed by atoms with Gasteiger partial charge in [-0.3, -0.25) is 19.3 Å². The van der Waals surface area contributed by atoms with Gasteiger partial charge in [-0.25, -0.2) is 0 Å². The average Bonchev–Trinajstić information content (AvgIpc) is 3.06. The van der Waals surface area contributed by atoms with Crippen molar-refractivity contribution in [3.8, 4) is 11.5 Å². The number of hydrogen-bond donors (Lipinski definition) is 0. The van der Waals surface area contributed by atoms with Crippen LogP contribution in [0.25, 0.3) is 6.08 Å². The molecule has 1 fully saturated rings. The molecule has 2 aromatic carbocycles. The van der Waals surface area contributed by atoms with Gasteiger partial charge in [-0.2, -0.15) is 0 Å². The first kappa shape index (κ1) is 24.4. The van der Waals surface area contributed by atoms with Gasteiger partial charge < -0.3 is 14.2 Å². The van der Waals surface area contributed by atoms with Crippen molar-refractivity contribution >= 4 is 46.6 Å². The first-order valence-electron chi connectivity index (χ1n) is 9.87. The van der Waals surface area contributed by atoms with E-state index in [1.54, 1.807) is 30.4 Å². The fourth-order valence-corrected chi connectivity index (χ4v) is 4.07. The number of halogens is 1. The standard InChI is InChI=1S/C24H22ClNO6S/c1-4-5-17-10-16(12-20-23(28)26(24(29)33-20)13-21(27)31-3)11-19(30-2)22(17)32-14-15-6-8-18(25)9-7-15/h4,6-12H,1,5,13-14H2,2-3H3. The molecule has 1 aliphatic rings. The van der Waals surface area contributed by atoms with Crippen molar-refractivity contribution in [1.29, 1.82) is 0 Å². The van der Waals surface area contributed by atoms with E-state index in [4.69, 9.17) is 21.1 Å². The summed E-state index contributed by atoms with van der Waals surface area (Å²) >= 11 is 6.70. The zero-order chi connectivity index (χ0) is 24.0. The Morgan fingerprint density at radius 2 is 1.91 bits per heavy atom. The van der Waals surface area contributed by atoms with E-state index < -0.39 is 23.7 Å². The van der Waals surface area contributed by atoms with Gasteiger partial charge >= 0.3 is 5.97 Å². The van der Waals surface area contributed by atoms with Crippen LogP contribution in [0.4, 0.5) is 4.79 Å². The summed E-state index contributed by atoms with van der Waals surface area (Å²) < 4.78 is 16.1. The van der Waals surface area contributed by atoms with Crippen molar-refractivity contribution in [1.82, 2.24) is 4.90 Å². The molecule has 3 rings (SSSR count). The molecule has 0 N–H and O–H groups in total. The lowest BCUT2D eigenvalue weighted by Crippen LogP contribution is -2.34. The molecule has 1 saturated heterocycles. The first-order valence-corrected chi connectivity index (χ1v) is 11.1. The summed E-state index contributed by atoms with van der Waals surface area (Å²) in [6.07, 6.45) is 3.82. The summed E-state index contributed by atoms with van der Waals surface area (Å²) in [5, 5.41) is 0.113. The number of thioether (sulfide) groups is 1. The molecule has 0 aromatic heterocycles. The summed E-state index contributed by atoms with van der Waals surface area (Å²) in [7, 11) is 2.72. The largest absolute Gasteiger partial charge is 0.493 e. The molecular formula is C24H22ClNO6S. The van der Waals surface area contributed by atoms with Gasteiger partial charge in [0, 0.05) is 10.6 Å². The second kappa shape index (κ2) is 11.1. The van der Waals surface area contributed by atoms with Crippen molar-refractivity contribution in [2.75, 3.05) is 20.8 Å². The van der Waals surface area contributed by atoms with Crippen LogP contribution >= 0.6 is 23.4 Å². The Balaban J connectivity index is 1.89. The highest BCUT2D eigenvalue weighted by Crippen LogP contribution is 2.37. The van der Waals surface area contributed by atoms with E-state index in [9.17, 15) is 14.4 Å². The van der Waals surface area contributed by atoms with Crippen LogP contribution in [0.3, 0.4) is 0 Å². The Kier molecular flexibility index (Phi) is 8.19. The molecule has 9 heteroatoms. The van der Waals surface area contributed by atoms with Crippen LogP contribution < -0.4 is 9.47 Å². The number of amides is 2. The van der Waals surface area contributed by atoms with Crippen LogP contribution in [0, 0.1) is 0 Å². The lowest BCUT2D eigenvalue weighted by Gasteiger charge is -2.16. The average molecular weight is 488 g/mol. The van der Waals surface area contributed by atoms with Crippen molar-refractivity contribution in [2.24, 2.45) is 0 Å². The third-order valence-electron chi connectivity index (χ3n) is 4.72. The van der Waals surface area contributed by atoms with Crippen LogP contribution in [0.15, 0.2) is 54.0 Å². The number of carbonyl (C=O) groups is 3. The Labute approximate surface area is 200 Å². The second-order valence-electron chi connectivity index (χ2n) is 6.96. The molecule has 0 atom stereocenters. The fourth-order valence-electron chi connectivity index (χ4n) is 3.11. The van der Waals surface area contributed by atoms with E-state index in [2.05, 4.69) is 11.3 Å². The topological polar surface area (TPSA) is 82.1 Å². The van der Waals surface area contributed by atoms with Crippen molar-refractivity contribution in [3.05, 3.63) is 75.7 Å². The number of imide groups is 1. The summed E-state index contributed by atoms with van der Waals surface area (Å²) in [4.78, 5) is 37.3. The lowest BCUT2D eigenvalue weighted by atomic mass is 10.0. The van der Waals surface area contributed by atoms with Gasteiger partial charge in [-0.1, -0.05) is 29.8 Å². The zero-order valence-electron chi connectivity index (χ0n) is 18.1. The third-order valence-corrected chi connectivity index (χ3v) is 5.88. The second-order valence-corrected chi connectivity index (χ2v) is 8.39. The predicted octanol–water partition coefficient (Wildman–Crippen LogP) is 4.87. The SMILES string of the molecule is C=CCc1cc(C=C2SC(=O)N(CC(=O)OC)C2=O)cc(OC)c1OCc1ccc(Cl)cc1. The number of allylic oxidation sites excluding steroid dienone is 1. The van der Waals surface area contributed by atoms with Gasteiger partial charge in [-0.15, -0.1) is 6.58 Å². The highest BCUT2D eigenvalue weighted by molar-refractivity contribution is 8.18. The predicted molar refractivity (Wildman–Crippen MR) is 127 cm³/mol. The Morgan fingerprint density at radius 3 is 2.55 bits per heavy atom. The van der Waals surface area contributed by atoms with Gasteiger partial charge in [0.1, 0.15) is 13.2 Å². The Morgan fingerprint density at radius 1 is 1.18 bits per heavy atom. The van der Waals surface area contributed by atoms with Crippen molar-refractivity contribution in [3.63, 3.8) is 0 Å². The minimum atomic E-state index is -0.671. The number of rotatable bonds is 9. The summed E-state index contributed by atoms with van der Waals surface area (Å²) in [6.45, 7) is 3.68.